The van der Waals surface area contributed by atoms with Gasteiger partial charge < -0.3 is 4.90 Å². The third-order valence-electron chi connectivity index (χ3n) is 7.82. The molecular weight excluding hydrogens is 451 g/mol. The highest BCUT2D eigenvalue weighted by Crippen LogP contribution is 2.46. The second kappa shape index (κ2) is 7.16. The molecule has 35 heavy (non-hydrogen) atoms. The molecule has 1 aliphatic carbocycles. The van der Waals surface area contributed by atoms with Gasteiger partial charge in [-0.05, 0) is 60.4 Å². The molecule has 0 N–H and O–H groups in total. The molecule has 0 atom stereocenters. The fourth-order valence-corrected chi connectivity index (χ4v) is 6.10. The second-order valence-corrected chi connectivity index (χ2v) is 9.85. The first-order valence-corrected chi connectivity index (χ1v) is 11.9. The molecule has 1 fully saturated rings. The molecule has 5 heterocycles. The SMILES string of the molecule is FC(F)(F)c1ncccc1-c1ccc2nc(N3CCC4(CC3)Cc3ccccc3C4)c3cnc1n23. The summed E-state index contributed by atoms with van der Waals surface area (Å²) in [6, 6.07) is 15.2. The third kappa shape index (κ3) is 3.12. The molecule has 1 aliphatic heterocycles. The minimum atomic E-state index is -4.55. The van der Waals surface area contributed by atoms with Crippen molar-refractivity contribution in [2.75, 3.05) is 18.0 Å². The standard InChI is InChI=1S/C27H22F3N5/c28-27(29,30)23-19(6-3-11-31-23)20-7-8-22-33-25(21-16-32-24(20)35(21)22)34-12-9-26(10-13-34)14-17-4-1-2-5-18(17)15-26/h1-8,11,16H,9-10,12-15H2. The number of piperidine rings is 1. The Bertz CT molecular complexity index is 1540. The molecule has 0 amide bonds. The number of anilines is 1. The van der Waals surface area contributed by atoms with Gasteiger partial charge in [-0.15, -0.1) is 0 Å². The number of nitrogens with zero attached hydrogens (tertiary/aromatic N) is 5. The molecule has 5 nitrogen and oxygen atoms in total. The van der Waals surface area contributed by atoms with Gasteiger partial charge in [-0.25, -0.2) is 9.97 Å². The van der Waals surface area contributed by atoms with Crippen LogP contribution in [0.2, 0.25) is 0 Å². The van der Waals surface area contributed by atoms with E-state index in [0.29, 0.717) is 22.3 Å². The third-order valence-corrected chi connectivity index (χ3v) is 7.82. The van der Waals surface area contributed by atoms with E-state index in [2.05, 4.69) is 39.1 Å². The van der Waals surface area contributed by atoms with Gasteiger partial charge in [0.2, 0.25) is 0 Å². The van der Waals surface area contributed by atoms with Gasteiger partial charge in [0.05, 0.1) is 6.20 Å². The van der Waals surface area contributed by atoms with Crippen LogP contribution < -0.4 is 4.90 Å². The number of hydrogen-bond acceptors (Lipinski definition) is 4. The van der Waals surface area contributed by atoms with Crippen LogP contribution in [0.3, 0.4) is 0 Å². The number of aromatic nitrogens is 4. The lowest BCUT2D eigenvalue weighted by Crippen LogP contribution is -2.40. The first kappa shape index (κ1) is 20.7. The topological polar surface area (TPSA) is 46.3 Å². The molecule has 8 heteroatoms. The van der Waals surface area contributed by atoms with E-state index in [1.807, 2.05) is 4.40 Å². The van der Waals surface area contributed by atoms with E-state index in [0.717, 1.165) is 50.1 Å². The van der Waals surface area contributed by atoms with Gasteiger partial charge in [0.1, 0.15) is 16.8 Å². The first-order chi connectivity index (χ1) is 16.9. The summed E-state index contributed by atoms with van der Waals surface area (Å²) in [5.74, 6) is 0.859. The fourth-order valence-electron chi connectivity index (χ4n) is 6.10. The van der Waals surface area contributed by atoms with Crippen LogP contribution in [-0.2, 0) is 19.0 Å². The quantitative estimate of drug-likeness (QED) is 0.326. The van der Waals surface area contributed by atoms with E-state index in [1.165, 1.54) is 29.5 Å². The maximum Gasteiger partial charge on any atom is 0.433 e. The summed E-state index contributed by atoms with van der Waals surface area (Å²) in [7, 11) is 0. The Morgan fingerprint density at radius 1 is 0.829 bits per heavy atom. The Morgan fingerprint density at radius 2 is 1.57 bits per heavy atom. The van der Waals surface area contributed by atoms with Crippen molar-refractivity contribution < 1.29 is 13.2 Å². The number of rotatable bonds is 2. The molecule has 1 saturated heterocycles. The summed E-state index contributed by atoms with van der Waals surface area (Å²) in [5.41, 5.74) is 4.79. The Kier molecular flexibility index (Phi) is 4.23. The van der Waals surface area contributed by atoms with Crippen molar-refractivity contribution in [3.63, 3.8) is 0 Å². The Hall–Kier alpha value is -3.68. The summed E-state index contributed by atoms with van der Waals surface area (Å²) in [4.78, 5) is 15.3. The highest BCUT2D eigenvalue weighted by atomic mass is 19.4. The van der Waals surface area contributed by atoms with E-state index in [1.54, 1.807) is 18.3 Å². The van der Waals surface area contributed by atoms with Gasteiger partial charge in [0.25, 0.3) is 0 Å². The lowest BCUT2D eigenvalue weighted by atomic mass is 9.76. The predicted octanol–water partition coefficient (Wildman–Crippen LogP) is 5.79. The summed E-state index contributed by atoms with van der Waals surface area (Å²) < 4.78 is 42.8. The van der Waals surface area contributed by atoms with Gasteiger partial charge >= 0.3 is 6.18 Å². The van der Waals surface area contributed by atoms with Crippen LogP contribution in [0, 0.1) is 5.41 Å². The van der Waals surface area contributed by atoms with Crippen molar-refractivity contribution in [2.45, 2.75) is 31.9 Å². The average molecular weight is 474 g/mol. The molecule has 0 saturated carbocycles. The smallest absolute Gasteiger partial charge is 0.355 e. The number of fused-ring (bicyclic) bond motifs is 1. The van der Waals surface area contributed by atoms with E-state index < -0.39 is 11.9 Å². The highest BCUT2D eigenvalue weighted by Gasteiger charge is 2.40. The minimum Gasteiger partial charge on any atom is -0.355 e. The number of alkyl halides is 3. The summed E-state index contributed by atoms with van der Waals surface area (Å²) in [6.45, 7) is 1.81. The largest absolute Gasteiger partial charge is 0.433 e. The minimum absolute atomic E-state index is 0.0258. The number of benzene rings is 1. The molecule has 4 aromatic heterocycles. The zero-order valence-electron chi connectivity index (χ0n) is 18.9. The van der Waals surface area contributed by atoms with Gasteiger partial charge in [0.15, 0.2) is 11.5 Å². The normalized spacial score (nSPS) is 17.6. The van der Waals surface area contributed by atoms with Crippen molar-refractivity contribution in [1.82, 2.24) is 19.4 Å². The summed E-state index contributed by atoms with van der Waals surface area (Å²) in [6.07, 6.45) is 2.80. The maximum absolute atomic E-state index is 13.6. The van der Waals surface area contributed by atoms with Crippen molar-refractivity contribution in [1.29, 1.82) is 0 Å². The monoisotopic (exact) mass is 473 g/mol. The van der Waals surface area contributed by atoms with Crippen molar-refractivity contribution >= 4 is 22.6 Å². The first-order valence-electron chi connectivity index (χ1n) is 11.9. The molecule has 0 unspecified atom stereocenters. The lowest BCUT2D eigenvalue weighted by molar-refractivity contribution is -0.140. The fraction of sp³-hybridized carbons (Fsp3) is 0.296. The van der Waals surface area contributed by atoms with Gasteiger partial charge in [-0.2, -0.15) is 13.2 Å². The summed E-state index contributed by atoms with van der Waals surface area (Å²) in [5, 5.41) is 0. The zero-order valence-corrected chi connectivity index (χ0v) is 18.9. The molecule has 1 aromatic carbocycles. The van der Waals surface area contributed by atoms with E-state index in [9.17, 15) is 13.2 Å². The van der Waals surface area contributed by atoms with Crippen molar-refractivity contribution in [2.24, 2.45) is 5.41 Å². The van der Waals surface area contributed by atoms with Crippen LogP contribution in [0.15, 0.2) is 60.9 Å². The number of hydrogen-bond donors (Lipinski definition) is 0. The second-order valence-electron chi connectivity index (χ2n) is 9.85. The van der Waals surface area contributed by atoms with E-state index >= 15 is 0 Å². The lowest BCUT2D eigenvalue weighted by Gasteiger charge is -2.39. The van der Waals surface area contributed by atoms with Crippen LogP contribution in [0.25, 0.3) is 27.9 Å². The molecule has 2 aliphatic rings. The Balaban J connectivity index is 1.23. The molecule has 0 bridgehead atoms. The molecule has 176 valence electrons. The van der Waals surface area contributed by atoms with Gasteiger partial charge in [-0.1, -0.05) is 30.3 Å². The molecular formula is C27H22F3N5. The van der Waals surface area contributed by atoms with Crippen LogP contribution >= 0.6 is 0 Å². The van der Waals surface area contributed by atoms with Crippen LogP contribution in [-0.4, -0.2) is 32.4 Å². The highest BCUT2D eigenvalue weighted by molar-refractivity contribution is 5.88. The Labute approximate surface area is 199 Å². The average Bonchev–Trinajstić information content (AvgIpc) is 3.55. The van der Waals surface area contributed by atoms with Gasteiger partial charge in [0, 0.05) is 30.4 Å². The Morgan fingerprint density at radius 3 is 2.29 bits per heavy atom. The summed E-state index contributed by atoms with van der Waals surface area (Å²) >= 11 is 0. The number of halogens is 3. The van der Waals surface area contributed by atoms with E-state index in [4.69, 9.17) is 4.98 Å². The number of imidazole rings is 2. The predicted molar refractivity (Wildman–Crippen MR) is 128 cm³/mol. The molecule has 0 radical (unpaired) electrons. The zero-order chi connectivity index (χ0) is 23.8. The molecule has 5 aromatic rings. The van der Waals surface area contributed by atoms with E-state index in [-0.39, 0.29) is 5.56 Å². The molecule has 1 spiro atoms. The maximum atomic E-state index is 13.6. The van der Waals surface area contributed by atoms with Crippen LogP contribution in [0.1, 0.15) is 29.7 Å². The van der Waals surface area contributed by atoms with Crippen molar-refractivity contribution in [3.05, 3.63) is 77.7 Å². The number of pyridine rings is 2. The van der Waals surface area contributed by atoms with Crippen molar-refractivity contribution in [3.8, 4) is 11.1 Å². The molecule has 7 rings (SSSR count). The van der Waals surface area contributed by atoms with Crippen LogP contribution in [0.5, 0.6) is 0 Å². The van der Waals surface area contributed by atoms with Crippen LogP contribution in [0.4, 0.5) is 19.0 Å². The van der Waals surface area contributed by atoms with Gasteiger partial charge in [-0.3, -0.25) is 9.38 Å².